The molecule has 0 aliphatic rings. The minimum absolute atomic E-state index is 0.533. The van der Waals surface area contributed by atoms with E-state index in [9.17, 15) is 0 Å². The van der Waals surface area contributed by atoms with E-state index in [-0.39, 0.29) is 0 Å². The van der Waals surface area contributed by atoms with E-state index in [0.717, 1.165) is 16.7 Å². The van der Waals surface area contributed by atoms with E-state index in [2.05, 4.69) is 36.4 Å². The molecule has 0 spiro atoms. The third kappa shape index (κ3) is 6.67. The van der Waals surface area contributed by atoms with Crippen molar-refractivity contribution in [2.75, 3.05) is 0 Å². The first-order valence-corrected chi connectivity index (χ1v) is 12.4. The van der Waals surface area contributed by atoms with Crippen molar-refractivity contribution in [1.29, 1.82) is 0 Å². The molecular weight excluding hydrogens is 415 g/mol. The first-order chi connectivity index (χ1) is 12.4. The average molecular weight is 436 g/mol. The van der Waals surface area contributed by atoms with E-state index >= 15 is 0 Å². The first kappa shape index (κ1) is 18.2. The van der Waals surface area contributed by atoms with Gasteiger partial charge in [-0.3, -0.25) is 0 Å². The van der Waals surface area contributed by atoms with Gasteiger partial charge in [0.05, 0.1) is 0 Å². The van der Waals surface area contributed by atoms with Gasteiger partial charge in [0.1, 0.15) is 0 Å². The molecular formula is C21H21InO3. The van der Waals surface area contributed by atoms with Gasteiger partial charge < -0.3 is 0 Å². The van der Waals surface area contributed by atoms with Crippen molar-refractivity contribution in [1.82, 2.24) is 0 Å². The molecule has 25 heavy (non-hydrogen) atoms. The van der Waals surface area contributed by atoms with Crippen LogP contribution in [0, 0.1) is 0 Å². The molecule has 0 heterocycles. The number of hydrogen-bond donors (Lipinski definition) is 0. The average Bonchev–Trinajstić information content (AvgIpc) is 2.70. The van der Waals surface area contributed by atoms with Crippen LogP contribution in [-0.4, -0.2) is 22.7 Å². The fourth-order valence-electron chi connectivity index (χ4n) is 2.36. The van der Waals surface area contributed by atoms with Crippen LogP contribution in [0.15, 0.2) is 91.0 Å². The van der Waals surface area contributed by atoms with Crippen molar-refractivity contribution in [3.05, 3.63) is 108 Å². The Kier molecular flexibility index (Phi) is 7.58. The molecule has 0 saturated carbocycles. The second-order valence-electron chi connectivity index (χ2n) is 5.68. The van der Waals surface area contributed by atoms with Gasteiger partial charge in [0.25, 0.3) is 0 Å². The Bertz CT molecular complexity index is 616. The van der Waals surface area contributed by atoms with Gasteiger partial charge >= 0.3 is 159 Å². The van der Waals surface area contributed by atoms with Crippen LogP contribution in [0.1, 0.15) is 16.7 Å². The third-order valence-corrected chi connectivity index (χ3v) is 7.44. The summed E-state index contributed by atoms with van der Waals surface area (Å²) in [7, 11) is 0. The minimum atomic E-state index is -3.02. The van der Waals surface area contributed by atoms with Crippen LogP contribution in [0.4, 0.5) is 0 Å². The van der Waals surface area contributed by atoms with Crippen LogP contribution >= 0.6 is 0 Å². The van der Waals surface area contributed by atoms with Crippen molar-refractivity contribution in [3.63, 3.8) is 0 Å². The maximum absolute atomic E-state index is 6.04. The summed E-state index contributed by atoms with van der Waals surface area (Å²) in [5.74, 6) is 0. The Morgan fingerprint density at radius 3 is 1.00 bits per heavy atom. The zero-order chi connectivity index (χ0) is 17.2. The molecule has 0 aromatic heterocycles. The molecule has 0 bridgehead atoms. The molecule has 0 aliphatic carbocycles. The molecule has 3 rings (SSSR count). The quantitative estimate of drug-likeness (QED) is 0.490. The number of rotatable bonds is 9. The first-order valence-electron chi connectivity index (χ1n) is 8.37. The van der Waals surface area contributed by atoms with Crippen LogP contribution in [-0.2, 0) is 28.4 Å². The van der Waals surface area contributed by atoms with E-state index in [0.29, 0.717) is 19.8 Å². The van der Waals surface area contributed by atoms with Gasteiger partial charge in [-0.1, -0.05) is 0 Å². The van der Waals surface area contributed by atoms with Crippen molar-refractivity contribution >= 4 is 22.7 Å². The molecule has 0 saturated heterocycles. The summed E-state index contributed by atoms with van der Waals surface area (Å²) in [6.07, 6.45) is 0. The zero-order valence-corrected chi connectivity index (χ0v) is 17.4. The Balaban J connectivity index is 1.56. The van der Waals surface area contributed by atoms with Crippen LogP contribution in [0.3, 0.4) is 0 Å². The predicted octanol–water partition coefficient (Wildman–Crippen LogP) is 4.62. The second kappa shape index (κ2) is 10.4. The Morgan fingerprint density at radius 2 is 0.720 bits per heavy atom. The molecule has 3 nitrogen and oxygen atoms in total. The summed E-state index contributed by atoms with van der Waals surface area (Å²) in [4.78, 5) is 0. The normalized spacial score (nSPS) is 10.6. The van der Waals surface area contributed by atoms with E-state index in [1.54, 1.807) is 0 Å². The van der Waals surface area contributed by atoms with Crippen molar-refractivity contribution < 1.29 is 8.56 Å². The molecule has 126 valence electrons. The molecule has 3 aromatic rings. The van der Waals surface area contributed by atoms with Gasteiger partial charge in [-0.15, -0.1) is 0 Å². The van der Waals surface area contributed by atoms with Gasteiger partial charge in [-0.2, -0.15) is 0 Å². The molecule has 3 aromatic carbocycles. The maximum atomic E-state index is 6.04. The fourth-order valence-corrected chi connectivity index (χ4v) is 6.00. The standard InChI is InChI=1S/3C7H7O.In/c3*8-6-7-4-2-1-3-5-7;/h3*1-5H,6H2;/q3*-1;+3. The second-order valence-corrected chi connectivity index (χ2v) is 10.2. The number of benzene rings is 3. The SMILES string of the molecule is c1ccc(C[O][In]([O]Cc2ccccc2)[O]Cc2ccccc2)cc1. The van der Waals surface area contributed by atoms with Crippen molar-refractivity contribution in [3.8, 4) is 0 Å². The zero-order valence-electron chi connectivity index (χ0n) is 14.1. The summed E-state index contributed by atoms with van der Waals surface area (Å²) in [6.45, 7) is 1.60. The van der Waals surface area contributed by atoms with Gasteiger partial charge in [0.2, 0.25) is 0 Å². The molecule has 4 heteroatoms. The van der Waals surface area contributed by atoms with Crippen LogP contribution in [0.5, 0.6) is 0 Å². The van der Waals surface area contributed by atoms with Gasteiger partial charge in [0, 0.05) is 0 Å². The van der Waals surface area contributed by atoms with E-state index in [1.165, 1.54) is 0 Å². The Morgan fingerprint density at radius 1 is 0.440 bits per heavy atom. The van der Waals surface area contributed by atoms with E-state index in [1.807, 2.05) is 54.6 Å². The molecule has 0 aliphatic heterocycles. The van der Waals surface area contributed by atoms with Crippen molar-refractivity contribution in [2.24, 2.45) is 0 Å². The monoisotopic (exact) mass is 436 g/mol. The summed E-state index contributed by atoms with van der Waals surface area (Å²) in [6, 6.07) is 30.4. The summed E-state index contributed by atoms with van der Waals surface area (Å²) >= 11 is -3.02. The van der Waals surface area contributed by atoms with Gasteiger partial charge in [0.15, 0.2) is 0 Å². The fraction of sp³-hybridized carbons (Fsp3) is 0.143. The summed E-state index contributed by atoms with van der Waals surface area (Å²) in [5, 5.41) is 0. The summed E-state index contributed by atoms with van der Waals surface area (Å²) < 4.78 is 18.1. The molecule has 0 amide bonds. The Hall–Kier alpha value is -1.59. The van der Waals surface area contributed by atoms with E-state index in [4.69, 9.17) is 8.56 Å². The van der Waals surface area contributed by atoms with Crippen LogP contribution < -0.4 is 0 Å². The van der Waals surface area contributed by atoms with E-state index < -0.39 is 22.7 Å². The molecule has 0 N–H and O–H groups in total. The molecule has 0 atom stereocenters. The van der Waals surface area contributed by atoms with Crippen molar-refractivity contribution in [2.45, 2.75) is 19.8 Å². The topological polar surface area (TPSA) is 27.7 Å². The number of hydrogen-bond acceptors (Lipinski definition) is 3. The summed E-state index contributed by atoms with van der Waals surface area (Å²) in [5.41, 5.74) is 3.41. The Labute approximate surface area is 158 Å². The molecule has 0 radical (unpaired) electrons. The van der Waals surface area contributed by atoms with Gasteiger partial charge in [-0.05, 0) is 0 Å². The third-order valence-electron chi connectivity index (χ3n) is 3.69. The molecule has 0 unspecified atom stereocenters. The van der Waals surface area contributed by atoms with Gasteiger partial charge in [-0.25, -0.2) is 0 Å². The molecule has 0 fully saturated rings. The predicted molar refractivity (Wildman–Crippen MR) is 99.4 cm³/mol. The van der Waals surface area contributed by atoms with Crippen LogP contribution in [0.25, 0.3) is 0 Å². The van der Waals surface area contributed by atoms with Crippen LogP contribution in [0.2, 0.25) is 0 Å².